The van der Waals surface area contributed by atoms with Gasteiger partial charge >= 0.3 is 0 Å². The Morgan fingerprint density at radius 1 is 1.37 bits per heavy atom. The maximum Gasteiger partial charge on any atom is 0.252 e. The minimum atomic E-state index is -0.454. The third kappa shape index (κ3) is 2.81. The molecule has 2 rings (SSSR count). The summed E-state index contributed by atoms with van der Waals surface area (Å²) in [5, 5.41) is 3.13. The lowest BCUT2D eigenvalue weighted by Crippen LogP contribution is -2.39. The Morgan fingerprint density at radius 2 is 2.05 bits per heavy atom. The van der Waals surface area contributed by atoms with Gasteiger partial charge in [-0.2, -0.15) is 0 Å². The van der Waals surface area contributed by atoms with Crippen molar-refractivity contribution in [2.75, 3.05) is 5.32 Å². The molecular weight excluding hydrogens is 308 g/mol. The number of aryl methyl sites for hydroxylation is 1. The number of imide groups is 1. The lowest BCUT2D eigenvalue weighted by molar-refractivity contribution is -0.140. The van der Waals surface area contributed by atoms with Gasteiger partial charge in [0.25, 0.3) is 5.91 Å². The van der Waals surface area contributed by atoms with Crippen molar-refractivity contribution in [1.29, 1.82) is 0 Å². The molecule has 0 radical (unpaired) electrons. The summed E-state index contributed by atoms with van der Waals surface area (Å²) in [6.45, 7) is 5.69. The van der Waals surface area contributed by atoms with E-state index in [-0.39, 0.29) is 24.3 Å². The van der Waals surface area contributed by atoms with Crippen LogP contribution in [0.5, 0.6) is 0 Å². The average Bonchev–Trinajstić information content (AvgIpc) is 2.59. The first kappa shape index (κ1) is 14.1. The van der Waals surface area contributed by atoms with Crippen LogP contribution >= 0.6 is 15.9 Å². The van der Waals surface area contributed by atoms with Gasteiger partial charge in [-0.25, -0.2) is 0 Å². The zero-order chi connectivity index (χ0) is 14.2. The van der Waals surface area contributed by atoms with Gasteiger partial charge in [-0.3, -0.25) is 14.5 Å². The molecular formula is C14H17BrN2O2. The summed E-state index contributed by atoms with van der Waals surface area (Å²) >= 11 is 3.46. The summed E-state index contributed by atoms with van der Waals surface area (Å²) in [6.07, 6.45) is 0.225. The fraction of sp³-hybridized carbons (Fsp3) is 0.429. The zero-order valence-electron chi connectivity index (χ0n) is 11.2. The van der Waals surface area contributed by atoms with E-state index < -0.39 is 6.04 Å². The van der Waals surface area contributed by atoms with Gasteiger partial charge in [0, 0.05) is 16.2 Å². The number of hydrogen-bond acceptors (Lipinski definition) is 3. The molecule has 1 saturated heterocycles. The van der Waals surface area contributed by atoms with E-state index in [0.29, 0.717) is 0 Å². The third-order valence-electron chi connectivity index (χ3n) is 3.21. The molecule has 1 unspecified atom stereocenters. The van der Waals surface area contributed by atoms with E-state index in [1.165, 1.54) is 4.90 Å². The Kier molecular flexibility index (Phi) is 3.94. The highest BCUT2D eigenvalue weighted by Gasteiger charge is 2.39. The van der Waals surface area contributed by atoms with Crippen LogP contribution in [0.1, 0.15) is 25.8 Å². The Balaban J connectivity index is 2.14. The van der Waals surface area contributed by atoms with Gasteiger partial charge in [0.15, 0.2) is 0 Å². The van der Waals surface area contributed by atoms with Crippen molar-refractivity contribution in [3.63, 3.8) is 0 Å². The van der Waals surface area contributed by atoms with E-state index in [9.17, 15) is 9.59 Å². The van der Waals surface area contributed by atoms with Crippen molar-refractivity contribution < 1.29 is 9.59 Å². The molecule has 1 fully saturated rings. The first-order valence-electron chi connectivity index (χ1n) is 6.28. The van der Waals surface area contributed by atoms with E-state index >= 15 is 0 Å². The van der Waals surface area contributed by atoms with Gasteiger partial charge in [0.1, 0.15) is 6.04 Å². The predicted molar refractivity (Wildman–Crippen MR) is 77.9 cm³/mol. The highest BCUT2D eigenvalue weighted by Crippen LogP contribution is 2.24. The normalized spacial score (nSPS) is 19.4. The number of carbonyl (C=O) groups excluding carboxylic acids is 2. The number of carbonyl (C=O) groups is 2. The van der Waals surface area contributed by atoms with Gasteiger partial charge in [-0.05, 0) is 38.5 Å². The molecule has 102 valence electrons. The molecule has 1 aromatic carbocycles. The molecule has 1 N–H and O–H groups in total. The van der Waals surface area contributed by atoms with Crippen LogP contribution in [-0.4, -0.2) is 28.8 Å². The van der Waals surface area contributed by atoms with E-state index in [1.807, 2.05) is 39.0 Å². The van der Waals surface area contributed by atoms with Crippen LogP contribution in [0.15, 0.2) is 22.7 Å². The summed E-state index contributed by atoms with van der Waals surface area (Å²) in [4.78, 5) is 25.3. The van der Waals surface area contributed by atoms with Crippen molar-refractivity contribution >= 4 is 33.4 Å². The number of hydrogen-bond donors (Lipinski definition) is 1. The second-order valence-corrected chi connectivity index (χ2v) is 5.92. The summed E-state index contributed by atoms with van der Waals surface area (Å²) in [5.74, 6) is -0.250. The molecule has 1 aliphatic heterocycles. The lowest BCUT2D eigenvalue weighted by Gasteiger charge is -2.19. The van der Waals surface area contributed by atoms with Crippen LogP contribution in [-0.2, 0) is 9.59 Å². The summed E-state index contributed by atoms with van der Waals surface area (Å²) in [6, 6.07) is 5.26. The maximum absolute atomic E-state index is 12.1. The molecule has 1 aliphatic rings. The van der Waals surface area contributed by atoms with Crippen molar-refractivity contribution in [3.8, 4) is 0 Å². The smallest absolute Gasteiger partial charge is 0.252 e. The van der Waals surface area contributed by atoms with Crippen molar-refractivity contribution in [2.45, 2.75) is 39.3 Å². The molecule has 0 aromatic heterocycles. The van der Waals surface area contributed by atoms with Crippen LogP contribution in [0.2, 0.25) is 0 Å². The van der Waals surface area contributed by atoms with Gasteiger partial charge < -0.3 is 5.32 Å². The van der Waals surface area contributed by atoms with Crippen LogP contribution in [0.4, 0.5) is 5.69 Å². The fourth-order valence-corrected chi connectivity index (χ4v) is 2.57. The third-order valence-corrected chi connectivity index (χ3v) is 4.07. The zero-order valence-corrected chi connectivity index (χ0v) is 12.8. The first-order chi connectivity index (χ1) is 8.90. The predicted octanol–water partition coefficient (Wildman–Crippen LogP) is 2.71. The van der Waals surface area contributed by atoms with Crippen LogP contribution in [0, 0.1) is 6.92 Å². The molecule has 4 nitrogen and oxygen atoms in total. The molecule has 0 saturated carbocycles. The summed E-state index contributed by atoms with van der Waals surface area (Å²) in [5.41, 5.74) is 1.97. The minimum Gasteiger partial charge on any atom is -0.373 e. The number of nitrogens with one attached hydrogen (secondary N) is 1. The molecule has 0 aliphatic carbocycles. The first-order valence-corrected chi connectivity index (χ1v) is 7.08. The lowest BCUT2D eigenvalue weighted by atomic mass is 10.2. The summed E-state index contributed by atoms with van der Waals surface area (Å²) < 4.78 is 0.981. The molecule has 0 spiro atoms. The number of anilines is 1. The molecule has 5 heteroatoms. The van der Waals surface area contributed by atoms with E-state index in [0.717, 1.165) is 15.7 Å². The molecule has 2 amide bonds. The van der Waals surface area contributed by atoms with Gasteiger partial charge in [0.2, 0.25) is 5.91 Å². The van der Waals surface area contributed by atoms with Gasteiger partial charge in [-0.15, -0.1) is 0 Å². The molecule has 1 heterocycles. The number of amides is 2. The number of benzene rings is 1. The second kappa shape index (κ2) is 5.33. The minimum absolute atomic E-state index is 0.0865. The highest BCUT2D eigenvalue weighted by molar-refractivity contribution is 9.10. The SMILES string of the molecule is Cc1ccc(NC2CC(=O)N(C(C)C)C2=O)cc1Br. The topological polar surface area (TPSA) is 49.4 Å². The number of halogens is 1. The quantitative estimate of drug-likeness (QED) is 0.870. The molecule has 1 aromatic rings. The van der Waals surface area contributed by atoms with Crippen LogP contribution in [0.3, 0.4) is 0 Å². The molecule has 0 bridgehead atoms. The van der Waals surface area contributed by atoms with E-state index in [2.05, 4.69) is 21.2 Å². The molecule has 19 heavy (non-hydrogen) atoms. The monoisotopic (exact) mass is 324 g/mol. The Morgan fingerprint density at radius 3 is 2.58 bits per heavy atom. The molecule has 1 atom stereocenters. The van der Waals surface area contributed by atoms with Crippen molar-refractivity contribution in [2.24, 2.45) is 0 Å². The largest absolute Gasteiger partial charge is 0.373 e. The number of rotatable bonds is 3. The van der Waals surface area contributed by atoms with Crippen molar-refractivity contribution in [1.82, 2.24) is 4.90 Å². The summed E-state index contributed by atoms with van der Waals surface area (Å²) in [7, 11) is 0. The second-order valence-electron chi connectivity index (χ2n) is 5.06. The maximum atomic E-state index is 12.1. The number of nitrogens with zero attached hydrogens (tertiary/aromatic N) is 1. The van der Waals surface area contributed by atoms with Gasteiger partial charge in [0.05, 0.1) is 6.42 Å². The number of likely N-dealkylation sites (tertiary alicyclic amines) is 1. The Bertz CT molecular complexity index is 528. The van der Waals surface area contributed by atoms with Crippen LogP contribution in [0.25, 0.3) is 0 Å². The Labute approximate surface area is 121 Å². The van der Waals surface area contributed by atoms with Crippen molar-refractivity contribution in [3.05, 3.63) is 28.2 Å². The van der Waals surface area contributed by atoms with Gasteiger partial charge in [-0.1, -0.05) is 22.0 Å². The van der Waals surface area contributed by atoms with E-state index in [4.69, 9.17) is 0 Å². The average molecular weight is 325 g/mol. The fourth-order valence-electron chi connectivity index (χ4n) is 2.19. The van der Waals surface area contributed by atoms with E-state index in [1.54, 1.807) is 0 Å². The van der Waals surface area contributed by atoms with Crippen LogP contribution < -0.4 is 5.32 Å². The standard InChI is InChI=1S/C14H17BrN2O2/c1-8(2)17-13(18)7-12(14(17)19)16-10-5-4-9(3)11(15)6-10/h4-6,8,12,16H,7H2,1-3H3. The highest BCUT2D eigenvalue weighted by atomic mass is 79.9. The Hall–Kier alpha value is -1.36.